The SMILES string of the molecule is CC[C@H](CC[C@@H](C)[C@H]1CC[C@H]2C3=C(CC[C@]12C)[C@@]1(C)CCC(O)CC1=CC3)C(C)C. The van der Waals surface area contributed by atoms with Gasteiger partial charge in [0, 0.05) is 5.41 Å². The van der Waals surface area contributed by atoms with Gasteiger partial charge in [-0.05, 0) is 92.8 Å². The Morgan fingerprint density at radius 3 is 2.53 bits per heavy atom. The minimum Gasteiger partial charge on any atom is -0.393 e. The van der Waals surface area contributed by atoms with Gasteiger partial charge in [-0.15, -0.1) is 0 Å². The lowest BCUT2D eigenvalue weighted by molar-refractivity contribution is 0.0845. The van der Waals surface area contributed by atoms with Crippen molar-refractivity contribution in [2.45, 2.75) is 118 Å². The molecule has 0 bridgehead atoms. The third kappa shape index (κ3) is 3.66. The quantitative estimate of drug-likeness (QED) is 0.437. The molecule has 1 unspecified atom stereocenters. The van der Waals surface area contributed by atoms with Crippen LogP contribution in [0, 0.1) is 40.4 Å². The molecule has 0 amide bonds. The smallest absolute Gasteiger partial charge is 0.0578 e. The van der Waals surface area contributed by atoms with E-state index >= 15 is 0 Å². The Kier molecular flexibility index (Phi) is 6.35. The third-order valence-corrected chi connectivity index (χ3v) is 10.7. The summed E-state index contributed by atoms with van der Waals surface area (Å²) < 4.78 is 0. The van der Waals surface area contributed by atoms with Crippen LogP contribution in [0.4, 0.5) is 0 Å². The molecule has 0 aromatic heterocycles. The average Bonchev–Trinajstić information content (AvgIpc) is 3.06. The Bertz CT molecular complexity index is 699. The van der Waals surface area contributed by atoms with Crippen molar-refractivity contribution in [3.63, 3.8) is 0 Å². The molecule has 0 saturated heterocycles. The van der Waals surface area contributed by atoms with Gasteiger partial charge in [-0.25, -0.2) is 0 Å². The number of rotatable bonds is 6. The minimum absolute atomic E-state index is 0.102. The minimum atomic E-state index is -0.102. The maximum absolute atomic E-state index is 10.2. The zero-order valence-corrected chi connectivity index (χ0v) is 20.8. The van der Waals surface area contributed by atoms with Gasteiger partial charge in [-0.3, -0.25) is 0 Å². The Labute approximate surface area is 186 Å². The van der Waals surface area contributed by atoms with Gasteiger partial charge in [0.1, 0.15) is 0 Å². The molecule has 1 N–H and O–H groups in total. The number of aliphatic hydroxyl groups is 1. The molecule has 1 nitrogen and oxygen atoms in total. The van der Waals surface area contributed by atoms with Crippen LogP contribution < -0.4 is 0 Å². The number of hydrogen-bond acceptors (Lipinski definition) is 1. The first-order valence-electron chi connectivity index (χ1n) is 13.3. The van der Waals surface area contributed by atoms with Gasteiger partial charge in [0.25, 0.3) is 0 Å². The number of hydrogen-bond donors (Lipinski definition) is 1. The molecule has 4 aliphatic carbocycles. The van der Waals surface area contributed by atoms with Crippen molar-refractivity contribution in [3.8, 4) is 0 Å². The normalized spacial score (nSPS) is 40.5. The van der Waals surface area contributed by atoms with E-state index in [1.807, 2.05) is 11.1 Å². The number of aliphatic hydroxyl groups excluding tert-OH is 1. The van der Waals surface area contributed by atoms with Crippen LogP contribution in [0.15, 0.2) is 22.8 Å². The molecule has 7 atom stereocenters. The molecule has 1 heteroatoms. The summed E-state index contributed by atoms with van der Waals surface area (Å²) >= 11 is 0. The van der Waals surface area contributed by atoms with E-state index in [0.717, 1.165) is 48.9 Å². The summed E-state index contributed by atoms with van der Waals surface area (Å²) in [4.78, 5) is 0. The lowest BCUT2D eigenvalue weighted by Crippen LogP contribution is -2.42. The van der Waals surface area contributed by atoms with Crippen molar-refractivity contribution < 1.29 is 5.11 Å². The Morgan fingerprint density at radius 1 is 1.07 bits per heavy atom. The number of allylic oxidation sites excluding steroid dienone is 3. The topological polar surface area (TPSA) is 20.2 Å². The molecule has 0 heterocycles. The van der Waals surface area contributed by atoms with Crippen molar-refractivity contribution in [2.24, 2.45) is 40.4 Å². The van der Waals surface area contributed by atoms with Crippen LogP contribution in [0.2, 0.25) is 0 Å². The molecule has 0 aliphatic heterocycles. The van der Waals surface area contributed by atoms with Crippen molar-refractivity contribution in [3.05, 3.63) is 22.8 Å². The van der Waals surface area contributed by atoms with E-state index in [2.05, 4.69) is 47.6 Å². The first-order valence-corrected chi connectivity index (χ1v) is 13.3. The van der Waals surface area contributed by atoms with Gasteiger partial charge in [0.15, 0.2) is 0 Å². The lowest BCUT2D eigenvalue weighted by Gasteiger charge is -2.52. The molecule has 4 rings (SSSR count). The summed E-state index contributed by atoms with van der Waals surface area (Å²) in [6.07, 6.45) is 16.5. The molecule has 4 aliphatic rings. The second-order valence-electron chi connectivity index (χ2n) is 12.4. The first kappa shape index (κ1) is 22.6. The zero-order valence-electron chi connectivity index (χ0n) is 20.8. The van der Waals surface area contributed by atoms with Crippen molar-refractivity contribution in [1.82, 2.24) is 0 Å². The number of fused-ring (bicyclic) bond motifs is 4. The maximum atomic E-state index is 10.2. The molecule has 2 fully saturated rings. The highest BCUT2D eigenvalue weighted by molar-refractivity contribution is 5.43. The van der Waals surface area contributed by atoms with Gasteiger partial charge in [0.2, 0.25) is 0 Å². The Balaban J connectivity index is 1.51. The highest BCUT2D eigenvalue weighted by Crippen LogP contribution is 2.65. The van der Waals surface area contributed by atoms with Gasteiger partial charge in [-0.1, -0.05) is 77.2 Å². The standard InChI is InChI=1S/C29H48O/c1-7-21(19(2)3)9-8-20(4)25-12-13-26-24-11-10-22-18-23(30)14-16-28(22,5)27(24)15-17-29(25,26)6/h10,19-21,23,25-26,30H,7-9,11-18H2,1-6H3/t20-,21-,23?,25-,26+,28+,29-/m1/s1. The Hall–Kier alpha value is -0.560. The van der Waals surface area contributed by atoms with E-state index < -0.39 is 0 Å². The van der Waals surface area contributed by atoms with E-state index in [1.165, 1.54) is 51.4 Å². The molecule has 0 radical (unpaired) electrons. The second-order valence-corrected chi connectivity index (χ2v) is 12.4. The Morgan fingerprint density at radius 2 is 1.83 bits per heavy atom. The summed E-state index contributed by atoms with van der Waals surface area (Å²) in [6.45, 7) is 15.0. The monoisotopic (exact) mass is 412 g/mol. The molecule has 170 valence electrons. The highest BCUT2D eigenvalue weighted by atomic mass is 16.3. The summed E-state index contributed by atoms with van der Waals surface area (Å²) in [6, 6.07) is 0. The largest absolute Gasteiger partial charge is 0.393 e. The van der Waals surface area contributed by atoms with Crippen molar-refractivity contribution in [2.75, 3.05) is 0 Å². The fourth-order valence-electron chi connectivity index (χ4n) is 8.56. The van der Waals surface area contributed by atoms with E-state index in [1.54, 1.807) is 5.57 Å². The lowest BCUT2D eigenvalue weighted by atomic mass is 9.53. The first-order chi connectivity index (χ1) is 14.2. The van der Waals surface area contributed by atoms with Gasteiger partial charge < -0.3 is 5.11 Å². The van der Waals surface area contributed by atoms with Crippen molar-refractivity contribution in [1.29, 1.82) is 0 Å². The van der Waals surface area contributed by atoms with E-state index in [4.69, 9.17) is 0 Å². The van der Waals surface area contributed by atoms with E-state index in [0.29, 0.717) is 5.41 Å². The molecule has 2 saturated carbocycles. The summed E-state index contributed by atoms with van der Waals surface area (Å²) in [5.41, 5.74) is 6.01. The summed E-state index contributed by atoms with van der Waals surface area (Å²) in [7, 11) is 0. The average molecular weight is 413 g/mol. The van der Waals surface area contributed by atoms with Crippen LogP contribution in [0.25, 0.3) is 0 Å². The maximum Gasteiger partial charge on any atom is 0.0578 e. The van der Waals surface area contributed by atoms with Crippen molar-refractivity contribution >= 4 is 0 Å². The van der Waals surface area contributed by atoms with E-state index in [-0.39, 0.29) is 11.5 Å². The second kappa shape index (κ2) is 8.42. The fraction of sp³-hybridized carbons (Fsp3) is 0.862. The fourth-order valence-corrected chi connectivity index (χ4v) is 8.56. The predicted octanol–water partition coefficient (Wildman–Crippen LogP) is 8.09. The van der Waals surface area contributed by atoms with Crippen LogP contribution in [0.1, 0.15) is 112 Å². The molecular formula is C29H48O. The third-order valence-electron chi connectivity index (χ3n) is 10.7. The molecule has 0 aromatic rings. The van der Waals surface area contributed by atoms with Gasteiger partial charge in [0.05, 0.1) is 6.10 Å². The van der Waals surface area contributed by atoms with E-state index in [9.17, 15) is 5.11 Å². The van der Waals surface area contributed by atoms with Crippen LogP contribution in [-0.2, 0) is 0 Å². The van der Waals surface area contributed by atoms with Crippen LogP contribution in [0.5, 0.6) is 0 Å². The van der Waals surface area contributed by atoms with Crippen LogP contribution >= 0.6 is 0 Å². The van der Waals surface area contributed by atoms with Gasteiger partial charge in [-0.2, -0.15) is 0 Å². The molecular weight excluding hydrogens is 364 g/mol. The summed E-state index contributed by atoms with van der Waals surface area (Å²) in [5, 5.41) is 10.2. The zero-order chi connectivity index (χ0) is 21.7. The predicted molar refractivity (Wildman–Crippen MR) is 128 cm³/mol. The van der Waals surface area contributed by atoms with Crippen LogP contribution in [0.3, 0.4) is 0 Å². The molecule has 0 aromatic carbocycles. The summed E-state index contributed by atoms with van der Waals surface area (Å²) in [5.74, 6) is 4.33. The molecule has 0 spiro atoms. The molecule has 30 heavy (non-hydrogen) atoms. The van der Waals surface area contributed by atoms with Gasteiger partial charge >= 0.3 is 0 Å². The van der Waals surface area contributed by atoms with Crippen LogP contribution in [-0.4, -0.2) is 11.2 Å². The highest BCUT2D eigenvalue weighted by Gasteiger charge is 2.54.